The average molecular weight is 279 g/mol. The summed E-state index contributed by atoms with van der Waals surface area (Å²) in [5.74, 6) is 1.62. The predicted octanol–water partition coefficient (Wildman–Crippen LogP) is 3.80. The molecule has 0 saturated carbocycles. The van der Waals surface area contributed by atoms with Crippen LogP contribution < -0.4 is 0 Å². The highest BCUT2D eigenvalue weighted by Crippen LogP contribution is 2.09. The first-order valence-electron chi connectivity index (χ1n) is 8.01. The monoisotopic (exact) mass is 279 g/mol. The highest BCUT2D eigenvalue weighted by atomic mass is 16.1. The van der Waals surface area contributed by atoms with Crippen LogP contribution in [-0.4, -0.2) is 20.5 Å². The minimum Gasteiger partial charge on any atom is -0.299 e. The number of carbonyl (C=O) groups is 1. The number of ketones is 1. The molecule has 0 aliphatic heterocycles. The molecule has 1 aromatic rings. The largest absolute Gasteiger partial charge is 0.299 e. The highest BCUT2D eigenvalue weighted by Gasteiger charge is 2.10. The van der Waals surface area contributed by atoms with Crippen molar-refractivity contribution in [1.29, 1.82) is 0 Å². The third-order valence-electron chi connectivity index (χ3n) is 3.40. The Bertz CT molecular complexity index is 385. The van der Waals surface area contributed by atoms with E-state index in [4.69, 9.17) is 0 Å². The first kappa shape index (κ1) is 16.9. The standard InChI is InChI=1S/C16H29N3O/c1-4-5-6-7-8-9-10-15(20)11-16-17-13-18-19(16)12-14(2)3/h13-14H,4-12H2,1-3H3. The van der Waals surface area contributed by atoms with Crippen molar-refractivity contribution in [2.75, 3.05) is 0 Å². The van der Waals surface area contributed by atoms with Gasteiger partial charge in [-0.2, -0.15) is 5.10 Å². The van der Waals surface area contributed by atoms with E-state index < -0.39 is 0 Å². The number of rotatable bonds is 11. The molecule has 0 spiro atoms. The smallest absolute Gasteiger partial charge is 0.140 e. The van der Waals surface area contributed by atoms with Gasteiger partial charge in [-0.3, -0.25) is 4.79 Å². The molecule has 1 heterocycles. The van der Waals surface area contributed by atoms with Crippen LogP contribution in [0.5, 0.6) is 0 Å². The van der Waals surface area contributed by atoms with E-state index in [0.717, 1.165) is 18.8 Å². The van der Waals surface area contributed by atoms with Gasteiger partial charge in [0.1, 0.15) is 17.9 Å². The van der Waals surface area contributed by atoms with E-state index in [1.54, 1.807) is 6.33 Å². The Labute approximate surface area is 123 Å². The normalized spacial score (nSPS) is 11.2. The topological polar surface area (TPSA) is 47.8 Å². The van der Waals surface area contributed by atoms with Gasteiger partial charge in [0.15, 0.2) is 0 Å². The van der Waals surface area contributed by atoms with Crippen LogP contribution >= 0.6 is 0 Å². The fraction of sp³-hybridized carbons (Fsp3) is 0.812. The molecule has 0 aliphatic rings. The van der Waals surface area contributed by atoms with Crippen LogP contribution in [0.15, 0.2) is 6.33 Å². The number of unbranched alkanes of at least 4 members (excludes halogenated alkanes) is 5. The van der Waals surface area contributed by atoms with Crippen molar-refractivity contribution >= 4 is 5.78 Å². The maximum Gasteiger partial charge on any atom is 0.140 e. The summed E-state index contributed by atoms with van der Waals surface area (Å²) in [5.41, 5.74) is 0. The van der Waals surface area contributed by atoms with E-state index in [9.17, 15) is 4.79 Å². The van der Waals surface area contributed by atoms with Gasteiger partial charge in [-0.15, -0.1) is 0 Å². The molecule has 0 N–H and O–H groups in total. The Morgan fingerprint density at radius 1 is 1.20 bits per heavy atom. The molecule has 0 bridgehead atoms. The number of carbonyl (C=O) groups excluding carboxylic acids is 1. The summed E-state index contributed by atoms with van der Waals surface area (Å²) in [6.07, 6.45) is 9.98. The summed E-state index contributed by atoms with van der Waals surface area (Å²) in [4.78, 5) is 16.2. The summed E-state index contributed by atoms with van der Waals surface area (Å²) in [6.45, 7) is 7.34. The zero-order valence-electron chi connectivity index (χ0n) is 13.3. The third-order valence-corrected chi connectivity index (χ3v) is 3.40. The number of hydrogen-bond donors (Lipinski definition) is 0. The third kappa shape index (κ3) is 6.83. The molecule has 0 aliphatic carbocycles. The molecule has 20 heavy (non-hydrogen) atoms. The Balaban J connectivity index is 2.23. The fourth-order valence-electron chi connectivity index (χ4n) is 2.29. The van der Waals surface area contributed by atoms with Crippen molar-refractivity contribution in [3.8, 4) is 0 Å². The molecule has 0 fully saturated rings. The SMILES string of the molecule is CCCCCCCCC(=O)Cc1ncnn1CC(C)C. The molecule has 0 radical (unpaired) electrons. The lowest BCUT2D eigenvalue weighted by Gasteiger charge is -2.08. The van der Waals surface area contributed by atoms with Gasteiger partial charge in [0, 0.05) is 13.0 Å². The second kappa shape index (κ2) is 9.67. The Morgan fingerprint density at radius 3 is 2.60 bits per heavy atom. The maximum atomic E-state index is 12.0. The van der Waals surface area contributed by atoms with Crippen LogP contribution in [0.2, 0.25) is 0 Å². The molecule has 0 atom stereocenters. The van der Waals surface area contributed by atoms with Crippen molar-refractivity contribution in [2.24, 2.45) is 5.92 Å². The molecule has 4 heteroatoms. The number of hydrogen-bond acceptors (Lipinski definition) is 3. The van der Waals surface area contributed by atoms with E-state index in [1.165, 1.54) is 32.1 Å². The first-order valence-corrected chi connectivity index (χ1v) is 8.01. The molecule has 1 rings (SSSR count). The molecular weight excluding hydrogens is 250 g/mol. The summed E-state index contributed by atoms with van der Waals surface area (Å²) in [5, 5.41) is 4.19. The molecule has 0 aromatic carbocycles. The lowest BCUT2D eigenvalue weighted by Crippen LogP contribution is -2.14. The van der Waals surface area contributed by atoms with Gasteiger partial charge >= 0.3 is 0 Å². The van der Waals surface area contributed by atoms with E-state index >= 15 is 0 Å². The molecule has 1 aromatic heterocycles. The van der Waals surface area contributed by atoms with Crippen LogP contribution in [0, 0.1) is 5.92 Å². The van der Waals surface area contributed by atoms with Crippen LogP contribution in [0.25, 0.3) is 0 Å². The van der Waals surface area contributed by atoms with E-state index in [0.29, 0.717) is 24.5 Å². The lowest BCUT2D eigenvalue weighted by molar-refractivity contribution is -0.118. The van der Waals surface area contributed by atoms with Gasteiger partial charge in [0.2, 0.25) is 0 Å². The zero-order chi connectivity index (χ0) is 14.8. The summed E-state index contributed by atoms with van der Waals surface area (Å²) in [7, 11) is 0. The molecule has 0 unspecified atom stereocenters. The average Bonchev–Trinajstić information content (AvgIpc) is 2.80. The van der Waals surface area contributed by atoms with Gasteiger partial charge in [-0.1, -0.05) is 52.9 Å². The zero-order valence-corrected chi connectivity index (χ0v) is 13.3. The van der Waals surface area contributed by atoms with Gasteiger partial charge in [-0.05, 0) is 12.3 Å². The van der Waals surface area contributed by atoms with Crippen molar-refractivity contribution in [1.82, 2.24) is 14.8 Å². The maximum absolute atomic E-state index is 12.0. The molecule has 0 amide bonds. The Morgan fingerprint density at radius 2 is 1.90 bits per heavy atom. The number of aromatic nitrogens is 3. The van der Waals surface area contributed by atoms with Crippen LogP contribution in [0.3, 0.4) is 0 Å². The lowest BCUT2D eigenvalue weighted by atomic mass is 10.1. The van der Waals surface area contributed by atoms with Crippen molar-refractivity contribution in [3.63, 3.8) is 0 Å². The van der Waals surface area contributed by atoms with Crippen LogP contribution in [0.1, 0.15) is 71.5 Å². The quantitative estimate of drug-likeness (QED) is 0.579. The molecular formula is C16H29N3O. The van der Waals surface area contributed by atoms with Gasteiger partial charge in [0.25, 0.3) is 0 Å². The van der Waals surface area contributed by atoms with Crippen LogP contribution in [0.4, 0.5) is 0 Å². The summed E-state index contributed by atoms with van der Waals surface area (Å²) >= 11 is 0. The minimum atomic E-state index is 0.290. The predicted molar refractivity (Wildman–Crippen MR) is 81.6 cm³/mol. The number of Topliss-reactive ketones (excluding diaryl/α,β-unsaturated/α-hetero) is 1. The van der Waals surface area contributed by atoms with Crippen molar-refractivity contribution in [3.05, 3.63) is 12.2 Å². The van der Waals surface area contributed by atoms with E-state index in [1.807, 2.05) is 4.68 Å². The summed E-state index contributed by atoms with van der Waals surface area (Å²) < 4.78 is 1.86. The second-order valence-corrected chi connectivity index (χ2v) is 5.99. The highest BCUT2D eigenvalue weighted by molar-refractivity contribution is 5.80. The van der Waals surface area contributed by atoms with Crippen molar-refractivity contribution < 1.29 is 4.79 Å². The van der Waals surface area contributed by atoms with E-state index in [2.05, 4.69) is 30.9 Å². The Hall–Kier alpha value is -1.19. The van der Waals surface area contributed by atoms with Gasteiger partial charge in [-0.25, -0.2) is 9.67 Å². The minimum absolute atomic E-state index is 0.290. The fourth-order valence-corrected chi connectivity index (χ4v) is 2.29. The summed E-state index contributed by atoms with van der Waals surface area (Å²) in [6, 6.07) is 0. The van der Waals surface area contributed by atoms with Gasteiger partial charge in [0.05, 0.1) is 6.42 Å². The first-order chi connectivity index (χ1) is 9.63. The second-order valence-electron chi connectivity index (χ2n) is 5.99. The number of nitrogens with zero attached hydrogens (tertiary/aromatic N) is 3. The Kier molecular flexibility index (Phi) is 8.16. The molecule has 0 saturated heterocycles. The van der Waals surface area contributed by atoms with Crippen LogP contribution in [-0.2, 0) is 17.8 Å². The van der Waals surface area contributed by atoms with E-state index in [-0.39, 0.29) is 0 Å². The van der Waals surface area contributed by atoms with Gasteiger partial charge < -0.3 is 0 Å². The molecule has 4 nitrogen and oxygen atoms in total. The van der Waals surface area contributed by atoms with Crippen molar-refractivity contribution in [2.45, 2.75) is 78.7 Å². The molecule has 114 valence electrons.